The minimum atomic E-state index is -0.329. The molecule has 4 heteroatoms. The van der Waals surface area contributed by atoms with Gasteiger partial charge in [0.2, 0.25) is 0 Å². The normalized spacial score (nSPS) is 11.9. The first-order valence-corrected chi connectivity index (χ1v) is 4.68. The summed E-state index contributed by atoms with van der Waals surface area (Å²) in [6.07, 6.45) is 1.92. The number of nitrogens with zero attached hydrogens (tertiary/aromatic N) is 1. The molecule has 1 amide bonds. The minimum Gasteiger partial charge on any atom is -0.410 e. The van der Waals surface area contributed by atoms with Gasteiger partial charge in [-0.2, -0.15) is 0 Å². The molecule has 0 saturated carbocycles. The zero-order valence-corrected chi connectivity index (χ0v) is 9.63. The number of fused-ring (bicyclic) bond motifs is 1. The highest BCUT2D eigenvalue weighted by molar-refractivity contribution is 5.85. The average Bonchev–Trinajstić information content (AvgIpc) is 2.09. The van der Waals surface area contributed by atoms with Crippen LogP contribution in [-0.4, -0.2) is 25.1 Å². The molecule has 3 nitrogen and oxygen atoms in total. The number of hydrogen-bond acceptors (Lipinski definition) is 2. The maximum Gasteiger partial charge on any atom is 0.414 e. The van der Waals surface area contributed by atoms with Crippen LogP contribution in [0.5, 0.6) is 5.75 Å². The van der Waals surface area contributed by atoms with E-state index in [2.05, 4.69) is 0 Å². The lowest BCUT2D eigenvalue weighted by molar-refractivity contribution is 0.172. The lowest BCUT2D eigenvalue weighted by atomic mass is 9.89. The second-order valence-corrected chi connectivity index (χ2v) is 3.69. The third-order valence-corrected chi connectivity index (χ3v) is 2.41. The molecule has 0 atom stereocenters. The van der Waals surface area contributed by atoms with E-state index < -0.39 is 0 Å². The van der Waals surface area contributed by atoms with E-state index in [0.29, 0.717) is 5.75 Å². The van der Waals surface area contributed by atoms with E-state index in [1.165, 1.54) is 16.0 Å². The average molecular weight is 228 g/mol. The fraction of sp³-hybridized carbons (Fsp3) is 0.364. The van der Waals surface area contributed by atoms with Crippen molar-refractivity contribution in [3.63, 3.8) is 0 Å². The number of aryl methyl sites for hydroxylation is 2. The Kier molecular flexibility index (Phi) is 3.58. The number of benzene rings is 1. The Hall–Kier alpha value is -1.22. The molecule has 1 aliphatic rings. The van der Waals surface area contributed by atoms with Crippen LogP contribution in [0.15, 0.2) is 18.2 Å². The summed E-state index contributed by atoms with van der Waals surface area (Å²) in [5, 5.41) is 0. The number of amides is 1. The molecular formula is C11H14ClNO2. The number of rotatable bonds is 1. The summed E-state index contributed by atoms with van der Waals surface area (Å²) in [7, 11) is 3.34. The molecule has 0 unspecified atom stereocenters. The predicted molar refractivity (Wildman–Crippen MR) is 60.8 cm³/mol. The molecule has 0 bridgehead atoms. The number of carbonyl (C=O) groups is 1. The van der Waals surface area contributed by atoms with Crippen molar-refractivity contribution in [1.29, 1.82) is 0 Å². The number of hydrogen-bond donors (Lipinski definition) is 0. The van der Waals surface area contributed by atoms with Crippen LogP contribution in [-0.2, 0) is 12.8 Å². The van der Waals surface area contributed by atoms with Crippen LogP contribution in [0.25, 0.3) is 0 Å². The Morgan fingerprint density at radius 1 is 1.27 bits per heavy atom. The quantitative estimate of drug-likeness (QED) is 0.737. The first-order valence-electron chi connectivity index (χ1n) is 4.68. The molecular weight excluding hydrogens is 214 g/mol. The molecule has 0 radical (unpaired) electrons. The summed E-state index contributed by atoms with van der Waals surface area (Å²) >= 11 is 0. The molecule has 0 aromatic heterocycles. The van der Waals surface area contributed by atoms with Crippen molar-refractivity contribution < 1.29 is 9.53 Å². The third-order valence-electron chi connectivity index (χ3n) is 2.41. The van der Waals surface area contributed by atoms with Crippen LogP contribution in [0, 0.1) is 0 Å². The smallest absolute Gasteiger partial charge is 0.410 e. The van der Waals surface area contributed by atoms with E-state index in [1.54, 1.807) is 14.1 Å². The molecule has 0 heterocycles. The highest BCUT2D eigenvalue weighted by Gasteiger charge is 2.14. The van der Waals surface area contributed by atoms with Crippen LogP contribution in [0.2, 0.25) is 0 Å². The van der Waals surface area contributed by atoms with Crippen molar-refractivity contribution in [2.24, 2.45) is 0 Å². The lowest BCUT2D eigenvalue weighted by Crippen LogP contribution is -2.25. The van der Waals surface area contributed by atoms with Crippen molar-refractivity contribution in [2.75, 3.05) is 14.1 Å². The van der Waals surface area contributed by atoms with Crippen LogP contribution >= 0.6 is 12.4 Å². The van der Waals surface area contributed by atoms with Crippen molar-refractivity contribution in [3.8, 4) is 5.75 Å². The Labute approximate surface area is 95.4 Å². The molecule has 2 rings (SSSR count). The fourth-order valence-electron chi connectivity index (χ4n) is 1.43. The number of halogens is 1. The summed E-state index contributed by atoms with van der Waals surface area (Å²) < 4.78 is 5.13. The van der Waals surface area contributed by atoms with Crippen molar-refractivity contribution in [3.05, 3.63) is 29.3 Å². The second kappa shape index (κ2) is 4.53. The van der Waals surface area contributed by atoms with Crippen LogP contribution in [0.1, 0.15) is 11.1 Å². The van der Waals surface area contributed by atoms with E-state index in [1.807, 2.05) is 18.2 Å². The zero-order valence-electron chi connectivity index (χ0n) is 8.82. The van der Waals surface area contributed by atoms with E-state index in [0.717, 1.165) is 12.8 Å². The SMILES string of the molecule is CN(C)C(=O)Oc1ccc2c(c1)CC2.Cl. The molecule has 0 fully saturated rings. The maximum atomic E-state index is 11.2. The molecule has 82 valence electrons. The summed E-state index contributed by atoms with van der Waals surface area (Å²) in [6.45, 7) is 0. The summed E-state index contributed by atoms with van der Waals surface area (Å²) in [5.41, 5.74) is 2.67. The van der Waals surface area contributed by atoms with Gasteiger partial charge < -0.3 is 9.64 Å². The topological polar surface area (TPSA) is 29.5 Å². The van der Waals surface area contributed by atoms with Crippen LogP contribution in [0.3, 0.4) is 0 Å². The number of ether oxygens (including phenoxy) is 1. The van der Waals surface area contributed by atoms with Crippen molar-refractivity contribution in [2.45, 2.75) is 12.8 Å². The molecule has 15 heavy (non-hydrogen) atoms. The standard InChI is InChI=1S/C11H13NO2.ClH/c1-12(2)11(13)14-10-6-5-8-3-4-9(8)7-10;/h5-7H,3-4H2,1-2H3;1H. The third kappa shape index (κ3) is 2.42. The van der Waals surface area contributed by atoms with E-state index >= 15 is 0 Å². The van der Waals surface area contributed by atoms with Gasteiger partial charge in [0.15, 0.2) is 0 Å². The van der Waals surface area contributed by atoms with Crippen molar-refractivity contribution in [1.82, 2.24) is 4.90 Å². The first kappa shape index (κ1) is 11.9. The van der Waals surface area contributed by atoms with E-state index in [9.17, 15) is 4.79 Å². The van der Waals surface area contributed by atoms with Gasteiger partial charge in [0, 0.05) is 14.1 Å². The summed E-state index contributed by atoms with van der Waals surface area (Å²) in [6, 6.07) is 5.82. The maximum absolute atomic E-state index is 11.2. The Balaban J connectivity index is 0.00000112. The van der Waals surface area contributed by atoms with Gasteiger partial charge in [0.25, 0.3) is 0 Å². The predicted octanol–water partition coefficient (Wildman–Crippen LogP) is 2.27. The molecule has 0 saturated heterocycles. The molecule has 0 N–H and O–H groups in total. The second-order valence-electron chi connectivity index (χ2n) is 3.69. The largest absolute Gasteiger partial charge is 0.414 e. The molecule has 1 aliphatic carbocycles. The first-order chi connectivity index (χ1) is 6.66. The van der Waals surface area contributed by atoms with Gasteiger partial charge in [-0.15, -0.1) is 12.4 Å². The monoisotopic (exact) mass is 227 g/mol. The fourth-order valence-corrected chi connectivity index (χ4v) is 1.43. The lowest BCUT2D eigenvalue weighted by Gasteiger charge is -2.19. The van der Waals surface area contributed by atoms with E-state index in [-0.39, 0.29) is 18.5 Å². The zero-order chi connectivity index (χ0) is 10.1. The highest BCUT2D eigenvalue weighted by atomic mass is 35.5. The minimum absolute atomic E-state index is 0. The van der Waals surface area contributed by atoms with Gasteiger partial charge in [-0.1, -0.05) is 6.07 Å². The van der Waals surface area contributed by atoms with Gasteiger partial charge in [-0.05, 0) is 36.1 Å². The van der Waals surface area contributed by atoms with Crippen molar-refractivity contribution >= 4 is 18.5 Å². The van der Waals surface area contributed by atoms with Gasteiger partial charge in [-0.3, -0.25) is 0 Å². The van der Waals surface area contributed by atoms with Crippen LogP contribution < -0.4 is 4.74 Å². The Morgan fingerprint density at radius 3 is 2.40 bits per heavy atom. The van der Waals surface area contributed by atoms with Gasteiger partial charge >= 0.3 is 6.09 Å². The summed E-state index contributed by atoms with van der Waals surface area (Å²) in [4.78, 5) is 12.6. The van der Waals surface area contributed by atoms with Gasteiger partial charge in [0.05, 0.1) is 0 Å². The Bertz CT molecular complexity index is 377. The Morgan fingerprint density at radius 2 is 1.93 bits per heavy atom. The van der Waals surface area contributed by atoms with Crippen LogP contribution in [0.4, 0.5) is 4.79 Å². The summed E-state index contributed by atoms with van der Waals surface area (Å²) in [5.74, 6) is 0.641. The molecule has 1 aromatic rings. The molecule has 1 aromatic carbocycles. The van der Waals surface area contributed by atoms with E-state index in [4.69, 9.17) is 4.74 Å². The molecule has 0 aliphatic heterocycles. The van der Waals surface area contributed by atoms with Gasteiger partial charge in [0.1, 0.15) is 5.75 Å². The highest BCUT2D eigenvalue weighted by Crippen LogP contribution is 2.27. The van der Waals surface area contributed by atoms with Gasteiger partial charge in [-0.25, -0.2) is 4.79 Å². The number of carbonyl (C=O) groups excluding carboxylic acids is 1. The molecule has 0 spiro atoms.